The second-order valence-corrected chi connectivity index (χ2v) is 6.66. The number of rotatable bonds is 4. The van der Waals surface area contributed by atoms with E-state index in [4.69, 9.17) is 0 Å². The summed E-state index contributed by atoms with van der Waals surface area (Å²) in [6.45, 7) is 3.12. The number of halogens is 1. The second kappa shape index (κ2) is 6.29. The molecule has 2 unspecified atom stereocenters. The van der Waals surface area contributed by atoms with Gasteiger partial charge in [0.15, 0.2) is 0 Å². The van der Waals surface area contributed by atoms with Gasteiger partial charge in [0.25, 0.3) is 5.69 Å². The molecule has 6 nitrogen and oxygen atoms in total. The summed E-state index contributed by atoms with van der Waals surface area (Å²) in [5.74, 6) is 0. The average Bonchev–Trinajstić information content (AvgIpc) is 2.71. The van der Waals surface area contributed by atoms with Crippen molar-refractivity contribution in [2.45, 2.75) is 25.5 Å². The zero-order valence-corrected chi connectivity index (χ0v) is 14.0. The van der Waals surface area contributed by atoms with Crippen LogP contribution in [-0.2, 0) is 0 Å². The zero-order chi connectivity index (χ0) is 15.7. The van der Waals surface area contributed by atoms with Gasteiger partial charge < -0.3 is 14.9 Å². The molecule has 116 valence electrons. The van der Waals surface area contributed by atoms with E-state index in [1.165, 1.54) is 0 Å². The van der Waals surface area contributed by atoms with E-state index in [0.717, 1.165) is 12.2 Å². The topological polar surface area (TPSA) is 69.8 Å². The van der Waals surface area contributed by atoms with Crippen molar-refractivity contribution < 1.29 is 10.0 Å². The molecule has 0 aliphatic carbocycles. The third-order valence-corrected chi connectivity index (χ3v) is 4.37. The molecule has 1 aromatic rings. The molecule has 0 aromatic heterocycles. The van der Waals surface area contributed by atoms with E-state index >= 15 is 0 Å². The molecular formula is C14H20BrN3O3. The van der Waals surface area contributed by atoms with Crippen molar-refractivity contribution >= 4 is 27.3 Å². The van der Waals surface area contributed by atoms with Crippen LogP contribution in [0.15, 0.2) is 16.6 Å². The minimum atomic E-state index is -0.375. The number of benzene rings is 1. The number of likely N-dealkylation sites (N-methyl/N-ethyl adjacent to an activating group) is 1. The Labute approximate surface area is 132 Å². The van der Waals surface area contributed by atoms with Crippen molar-refractivity contribution in [3.05, 3.63) is 32.3 Å². The second-order valence-electron chi connectivity index (χ2n) is 5.81. The van der Waals surface area contributed by atoms with Crippen LogP contribution in [0, 0.1) is 17.0 Å². The van der Waals surface area contributed by atoms with Crippen LogP contribution < -0.4 is 4.90 Å². The van der Waals surface area contributed by atoms with Crippen molar-refractivity contribution in [1.82, 2.24) is 4.90 Å². The Kier molecular flexibility index (Phi) is 4.85. The standard InChI is InChI=1S/C14H20BrN3O3/c1-9-4-14(12(15)6-13(9)18(20)21)17-8-11(19)5-10(17)7-16(2)3/h4,6,10-11,19H,5,7-8H2,1-3H3. The smallest absolute Gasteiger partial charge is 0.273 e. The number of aliphatic hydroxyl groups is 1. The predicted octanol–water partition coefficient (Wildman–Crippen LogP) is 2.17. The normalized spacial score (nSPS) is 22.1. The van der Waals surface area contributed by atoms with Gasteiger partial charge in [-0.1, -0.05) is 0 Å². The van der Waals surface area contributed by atoms with E-state index in [0.29, 0.717) is 23.0 Å². The number of nitro groups is 1. The number of β-amino-alcohol motifs (C(OH)–C–C–N with tert-alkyl or cyclic N) is 1. The van der Waals surface area contributed by atoms with Gasteiger partial charge in [-0.15, -0.1) is 0 Å². The van der Waals surface area contributed by atoms with Crippen LogP contribution >= 0.6 is 15.9 Å². The van der Waals surface area contributed by atoms with Crippen molar-refractivity contribution in [3.63, 3.8) is 0 Å². The van der Waals surface area contributed by atoms with Crippen LogP contribution in [0.25, 0.3) is 0 Å². The summed E-state index contributed by atoms with van der Waals surface area (Å²) < 4.78 is 0.692. The van der Waals surface area contributed by atoms with E-state index in [2.05, 4.69) is 25.7 Å². The average molecular weight is 358 g/mol. The van der Waals surface area contributed by atoms with Crippen LogP contribution in [-0.4, -0.2) is 54.3 Å². The van der Waals surface area contributed by atoms with E-state index < -0.39 is 0 Å². The van der Waals surface area contributed by atoms with Gasteiger partial charge in [-0.2, -0.15) is 0 Å². The number of aryl methyl sites for hydroxylation is 1. The van der Waals surface area contributed by atoms with Gasteiger partial charge in [0.05, 0.1) is 16.7 Å². The molecule has 1 aliphatic rings. The molecule has 1 aromatic carbocycles. The molecule has 2 atom stereocenters. The van der Waals surface area contributed by atoms with Crippen LogP contribution in [0.3, 0.4) is 0 Å². The maximum atomic E-state index is 11.0. The van der Waals surface area contributed by atoms with Gasteiger partial charge in [-0.25, -0.2) is 0 Å². The van der Waals surface area contributed by atoms with E-state index in [-0.39, 0.29) is 22.8 Å². The zero-order valence-electron chi connectivity index (χ0n) is 12.4. The third-order valence-electron chi connectivity index (χ3n) is 3.74. The van der Waals surface area contributed by atoms with E-state index in [9.17, 15) is 15.2 Å². The fourth-order valence-corrected chi connectivity index (χ4v) is 3.41. The maximum Gasteiger partial charge on any atom is 0.273 e. The number of hydrogen-bond acceptors (Lipinski definition) is 5. The Bertz CT molecular complexity index is 551. The van der Waals surface area contributed by atoms with Gasteiger partial charge in [0.1, 0.15) is 0 Å². The molecule has 21 heavy (non-hydrogen) atoms. The highest BCUT2D eigenvalue weighted by molar-refractivity contribution is 9.10. The Morgan fingerprint density at radius 1 is 1.52 bits per heavy atom. The van der Waals surface area contributed by atoms with Crippen molar-refractivity contribution in [3.8, 4) is 0 Å². The highest BCUT2D eigenvalue weighted by atomic mass is 79.9. The van der Waals surface area contributed by atoms with Crippen LogP contribution in [0.2, 0.25) is 0 Å². The SMILES string of the molecule is Cc1cc(N2CC(O)CC2CN(C)C)c(Br)cc1[N+](=O)[O-]. The van der Waals surface area contributed by atoms with Gasteiger partial charge in [0.2, 0.25) is 0 Å². The first-order chi connectivity index (χ1) is 9.79. The maximum absolute atomic E-state index is 11.0. The number of nitro benzene ring substituents is 1. The fourth-order valence-electron chi connectivity index (χ4n) is 2.85. The first-order valence-electron chi connectivity index (χ1n) is 6.83. The monoisotopic (exact) mass is 357 g/mol. The first kappa shape index (κ1) is 16.2. The summed E-state index contributed by atoms with van der Waals surface area (Å²) in [6, 6.07) is 3.57. The number of nitrogens with zero attached hydrogens (tertiary/aromatic N) is 3. The molecule has 0 radical (unpaired) electrons. The van der Waals surface area contributed by atoms with Crippen molar-refractivity contribution in [2.75, 3.05) is 32.1 Å². The Balaban J connectivity index is 2.36. The Morgan fingerprint density at radius 3 is 2.76 bits per heavy atom. The first-order valence-corrected chi connectivity index (χ1v) is 7.63. The van der Waals surface area contributed by atoms with Gasteiger partial charge in [-0.3, -0.25) is 10.1 Å². The van der Waals surface area contributed by atoms with Crippen molar-refractivity contribution in [2.24, 2.45) is 0 Å². The molecule has 0 spiro atoms. The molecule has 0 saturated carbocycles. The molecule has 1 fully saturated rings. The van der Waals surface area contributed by atoms with Crippen molar-refractivity contribution in [1.29, 1.82) is 0 Å². The summed E-state index contributed by atoms with van der Waals surface area (Å²) in [5.41, 5.74) is 1.64. The lowest BCUT2D eigenvalue weighted by molar-refractivity contribution is -0.385. The molecule has 0 bridgehead atoms. The molecule has 2 rings (SSSR count). The Hall–Kier alpha value is -1.18. The summed E-state index contributed by atoms with van der Waals surface area (Å²) >= 11 is 3.43. The summed E-state index contributed by atoms with van der Waals surface area (Å²) in [4.78, 5) is 14.8. The molecule has 0 amide bonds. The quantitative estimate of drug-likeness (QED) is 0.660. The number of aliphatic hydroxyl groups excluding tert-OH is 1. The largest absolute Gasteiger partial charge is 0.391 e. The lowest BCUT2D eigenvalue weighted by atomic mass is 10.1. The van der Waals surface area contributed by atoms with E-state index in [1.807, 2.05) is 20.2 Å². The summed E-state index contributed by atoms with van der Waals surface area (Å²) in [7, 11) is 4.00. The molecule has 7 heteroatoms. The minimum Gasteiger partial charge on any atom is -0.391 e. The number of anilines is 1. The molecule has 1 N–H and O–H groups in total. The third kappa shape index (κ3) is 3.53. The van der Waals surface area contributed by atoms with Crippen LogP contribution in [0.5, 0.6) is 0 Å². The molecule has 1 heterocycles. The highest BCUT2D eigenvalue weighted by Gasteiger charge is 2.33. The predicted molar refractivity (Wildman–Crippen MR) is 85.8 cm³/mol. The molecule has 1 saturated heterocycles. The fraction of sp³-hybridized carbons (Fsp3) is 0.571. The summed E-state index contributed by atoms with van der Waals surface area (Å²) in [5, 5.41) is 21.0. The summed E-state index contributed by atoms with van der Waals surface area (Å²) in [6.07, 6.45) is 0.345. The molecular weight excluding hydrogens is 338 g/mol. The van der Waals surface area contributed by atoms with Crippen LogP contribution in [0.4, 0.5) is 11.4 Å². The number of hydrogen-bond donors (Lipinski definition) is 1. The van der Waals surface area contributed by atoms with Gasteiger partial charge in [0, 0.05) is 35.2 Å². The Morgan fingerprint density at radius 2 is 2.19 bits per heavy atom. The highest BCUT2D eigenvalue weighted by Crippen LogP contribution is 2.36. The molecule has 1 aliphatic heterocycles. The van der Waals surface area contributed by atoms with Gasteiger partial charge >= 0.3 is 0 Å². The van der Waals surface area contributed by atoms with Crippen LogP contribution in [0.1, 0.15) is 12.0 Å². The minimum absolute atomic E-state index is 0.106. The lowest BCUT2D eigenvalue weighted by Gasteiger charge is -2.29. The lowest BCUT2D eigenvalue weighted by Crippen LogP contribution is -2.37. The van der Waals surface area contributed by atoms with E-state index in [1.54, 1.807) is 13.0 Å². The van der Waals surface area contributed by atoms with Gasteiger partial charge in [-0.05, 0) is 49.4 Å².